The molecule has 634 valence electrons. The number of carboxylic acid groups (broad SMARTS) is 1. The molecule has 0 saturated carbocycles. The van der Waals surface area contributed by atoms with Crippen LogP contribution in [0.1, 0.15) is 156 Å². The minimum absolute atomic E-state index is 0.0239. The van der Waals surface area contributed by atoms with Gasteiger partial charge in [0.05, 0.1) is 92.4 Å². The number of aromatic nitrogens is 4. The normalized spacial score (nSPS) is 19.7. The smallest absolute Gasteiger partial charge is 0.412 e. The monoisotopic (exact) mass is 1690 g/mol. The van der Waals surface area contributed by atoms with Crippen molar-refractivity contribution >= 4 is 116 Å². The zero-order chi connectivity index (χ0) is 87.3. The van der Waals surface area contributed by atoms with Crippen LogP contribution in [0.2, 0.25) is 5.02 Å². The minimum Gasteiger partial charge on any atom is -0.481 e. The zero-order valence-corrected chi connectivity index (χ0v) is 68.3. The summed E-state index contributed by atoms with van der Waals surface area (Å²) >= 11 is 6.12. The predicted molar refractivity (Wildman–Crippen MR) is 466 cm³/mol. The van der Waals surface area contributed by atoms with Crippen LogP contribution < -0.4 is 43.8 Å². The van der Waals surface area contributed by atoms with Crippen LogP contribution in [0.25, 0.3) is 44.5 Å². The summed E-state index contributed by atoms with van der Waals surface area (Å²) in [5.74, 6) is -5.51. The Kier molecular flexibility index (Phi) is 29.4. The average Bonchev–Trinajstić information content (AvgIpc) is 0.806. The number of aliphatic carboxylic acids is 1. The highest BCUT2D eigenvalue weighted by Crippen LogP contribution is 2.47. The van der Waals surface area contributed by atoms with Crippen molar-refractivity contribution in [3.05, 3.63) is 256 Å². The second kappa shape index (κ2) is 41.1. The van der Waals surface area contributed by atoms with Gasteiger partial charge >= 0.3 is 24.0 Å². The Morgan fingerprint density at radius 3 is 1.28 bits per heavy atom. The highest BCUT2D eigenvalue weighted by molar-refractivity contribution is 6.31. The number of rotatable bonds is 7. The van der Waals surface area contributed by atoms with E-state index in [1.807, 2.05) is 85.0 Å². The van der Waals surface area contributed by atoms with E-state index in [9.17, 15) is 58.4 Å². The van der Waals surface area contributed by atoms with Crippen molar-refractivity contribution < 1.29 is 71.8 Å². The molecule has 6 amide bonds. The van der Waals surface area contributed by atoms with E-state index in [4.69, 9.17) is 43.0 Å². The number of nitro groups is 1. The van der Waals surface area contributed by atoms with Gasteiger partial charge in [-0.15, -0.1) is 0 Å². The number of nitrogens with one attached hydrogen (secondary N) is 5. The summed E-state index contributed by atoms with van der Waals surface area (Å²) in [4.78, 5) is 143. The second-order valence-corrected chi connectivity index (χ2v) is 30.1. The van der Waals surface area contributed by atoms with Crippen molar-refractivity contribution in [3.8, 4) is 44.5 Å². The number of hydrogen-bond acceptors (Lipinski definition) is 21. The number of carboxylic acids is 1. The number of nitrogens with zero attached hydrogens (tertiary/aromatic N) is 6. The van der Waals surface area contributed by atoms with Crippen LogP contribution in [0.4, 0.5) is 60.4 Å². The molecule has 29 nitrogen and oxygen atoms in total. The highest BCUT2D eigenvalue weighted by Gasteiger charge is 2.49. The molecule has 4 unspecified atom stereocenters. The Bertz CT molecular complexity index is 5660. The Balaban J connectivity index is 0.000000153. The number of fused-ring (bicyclic) bond motifs is 18. The number of ether oxygens (including phenoxy) is 3. The number of piperidine rings is 1. The van der Waals surface area contributed by atoms with Gasteiger partial charge in [0.2, 0.25) is 29.5 Å². The summed E-state index contributed by atoms with van der Waals surface area (Å²) in [5, 5.41) is 34.7. The fourth-order valence-corrected chi connectivity index (χ4v) is 15.3. The van der Waals surface area contributed by atoms with Gasteiger partial charge in [-0.25, -0.2) is 9.18 Å². The first-order valence-electron chi connectivity index (χ1n) is 40.3. The molecule has 8 bridgehead atoms. The molecule has 9 aromatic rings. The number of likely N-dealkylation sites (tertiary alicyclic amines) is 1. The second-order valence-electron chi connectivity index (χ2n) is 29.7. The van der Waals surface area contributed by atoms with Gasteiger partial charge < -0.3 is 62.7 Å². The number of allylic oxidation sites excluding steroid dienone is 8. The molecule has 31 heteroatoms. The van der Waals surface area contributed by atoms with E-state index in [2.05, 4.69) is 46.5 Å². The van der Waals surface area contributed by atoms with Crippen LogP contribution in [0, 0.1) is 15.9 Å². The number of amides is 6. The molecule has 123 heavy (non-hydrogen) atoms. The molecule has 15 rings (SSSR count). The number of non-ortho nitro benzene ring substituents is 1. The van der Waals surface area contributed by atoms with Crippen LogP contribution in [0.3, 0.4) is 0 Å². The molecule has 0 aliphatic carbocycles. The number of hydrogen-bond donors (Lipinski definition) is 9. The summed E-state index contributed by atoms with van der Waals surface area (Å²) in [6.45, 7) is 4.50. The van der Waals surface area contributed by atoms with Gasteiger partial charge in [0.1, 0.15) is 17.8 Å². The van der Waals surface area contributed by atoms with Crippen LogP contribution in [0.5, 0.6) is 0 Å². The van der Waals surface area contributed by atoms with Crippen molar-refractivity contribution in [3.63, 3.8) is 0 Å². The first kappa shape index (κ1) is 88.0. The summed E-state index contributed by atoms with van der Waals surface area (Å²) in [7, 11) is 0. The lowest BCUT2D eigenvalue weighted by Gasteiger charge is -2.45. The van der Waals surface area contributed by atoms with Crippen LogP contribution in [0.15, 0.2) is 207 Å². The highest BCUT2D eigenvalue weighted by atomic mass is 35.5. The number of nitrogen functional groups attached to an aromatic ring is 3. The van der Waals surface area contributed by atoms with E-state index < -0.39 is 52.1 Å². The number of carbonyl (C=O) groups is 9. The number of esters is 2. The number of benzene rings is 5. The predicted octanol–water partition coefficient (Wildman–Crippen LogP) is 16.8. The number of halogens is 2. The molecule has 1 spiro atoms. The molecule has 12 N–H and O–H groups in total. The van der Waals surface area contributed by atoms with E-state index in [1.165, 1.54) is 18.2 Å². The summed E-state index contributed by atoms with van der Waals surface area (Å²) < 4.78 is 31.6. The molecule has 0 radical (unpaired) electrons. The maximum Gasteiger partial charge on any atom is 0.412 e. The lowest BCUT2D eigenvalue weighted by Crippen LogP contribution is -2.54. The first-order valence-corrected chi connectivity index (χ1v) is 40.7. The molecule has 5 atom stereocenters. The van der Waals surface area contributed by atoms with Crippen molar-refractivity contribution in [1.29, 1.82) is 0 Å². The standard InChI is InChI=1S/C31H29ClFN5O4.C21H21N3O5.C21H23N3O3.C19H19N3O3/c32-22-9-10-23-27(28(22)33)31(42-30(41)37-23)12-4-14-38(17-31)29(40)21-5-2-1-3-6-26(39)36-25-16-19(34)7-8-20(25)18-11-13-35-24(21)15-18;1-2-29-21(26)17-6-4-3-5-7-20(25)23-19-13-15(24(27)28)8-9-16(19)14-10-11-22-18(17)12-14;1-2-27-21(26)17-6-4-3-5-7-20(25)24-19-13-15(22)8-9-16(19)14-10-11-23-18(17)12-14;20-13-6-7-14-12-8-9-21-16(10-12)15(19(24)25)4-2-1-3-5-18(23)22-17(14)11-13/h1-2,7-11,13,15-16,21H,3-6,12,14,17,34H2,(H,36,39)(H,37,41);3-4,8-13,17H,2,5-7H2,1H3,(H,23,25);3-4,8-13,17H,2,5-7,22H2,1H3,(H,24,25);1-2,6-11,15H,3-5,20H2,(H,22,23)(H,24,25)/b2-1-;2*4-3-;2-1-/t21?,31-;;;/m0.../s1. The molecule has 10 heterocycles. The fraction of sp³-hybridized carbons (Fsp3) is 0.272. The molecule has 1 fully saturated rings. The van der Waals surface area contributed by atoms with E-state index in [0.29, 0.717) is 164 Å². The minimum atomic E-state index is -1.38. The van der Waals surface area contributed by atoms with Gasteiger partial charge in [-0.1, -0.05) is 78.4 Å². The zero-order valence-electron chi connectivity index (χ0n) is 67.5. The van der Waals surface area contributed by atoms with Crippen LogP contribution in [-0.4, -0.2) is 115 Å². The first-order chi connectivity index (χ1) is 59.3. The van der Waals surface area contributed by atoms with Gasteiger partial charge in [-0.05, 0) is 203 Å². The number of pyridine rings is 4. The van der Waals surface area contributed by atoms with Gasteiger partial charge in [0.25, 0.3) is 5.69 Å². The largest absolute Gasteiger partial charge is 0.481 e. The number of nitrogens with two attached hydrogens (primary N) is 3. The third-order valence-corrected chi connectivity index (χ3v) is 21.4. The number of anilines is 8. The van der Waals surface area contributed by atoms with Gasteiger partial charge in [-0.2, -0.15) is 0 Å². The van der Waals surface area contributed by atoms with E-state index >= 15 is 4.39 Å². The topological polar surface area (TPSA) is 438 Å². The van der Waals surface area contributed by atoms with Crippen molar-refractivity contribution in [1.82, 2.24) is 24.8 Å². The third kappa shape index (κ3) is 22.4. The molecule has 1 saturated heterocycles. The maximum absolute atomic E-state index is 15.4. The van der Waals surface area contributed by atoms with Crippen molar-refractivity contribution in [2.75, 3.05) is 70.1 Å². The molecule has 6 aliphatic heterocycles. The van der Waals surface area contributed by atoms with Crippen LogP contribution >= 0.6 is 11.6 Å². The third-order valence-electron chi connectivity index (χ3n) is 21.1. The van der Waals surface area contributed by atoms with Crippen molar-refractivity contribution in [2.45, 2.75) is 133 Å². The number of carbonyl (C=O) groups excluding carboxylic acids is 8. The molecule has 5 aromatic carbocycles. The Morgan fingerprint density at radius 1 is 0.512 bits per heavy atom. The fourth-order valence-electron chi connectivity index (χ4n) is 15.1. The molecular weight excluding hydrogens is 1600 g/mol. The maximum atomic E-state index is 15.4. The van der Waals surface area contributed by atoms with Gasteiger partial charge in [0.15, 0.2) is 11.4 Å². The van der Waals surface area contributed by atoms with Gasteiger partial charge in [-0.3, -0.25) is 73.7 Å². The lowest BCUT2D eigenvalue weighted by atomic mass is 9.82. The Hall–Kier alpha value is -14.3. The van der Waals surface area contributed by atoms with E-state index in [-0.39, 0.29) is 89.4 Å². The van der Waals surface area contributed by atoms with Crippen molar-refractivity contribution in [2.24, 2.45) is 0 Å². The summed E-state index contributed by atoms with van der Waals surface area (Å²) in [5.41, 5.74) is 28.8. The SMILES string of the molecule is CCOC(=O)C1C/C=C\CCC(=O)Nc2cc(N)ccc2-c2ccnc1c2.CCOC(=O)C1C/C=C\CCC(=O)Nc2cc([N+](=O)[O-])ccc2-c2ccnc1c2.Nc1ccc2c(c1)NC(=O)CC/C=C\CC(C(=O)N1CCC[C@@]3(C1)OC(=O)Nc1ccc(Cl)c(F)c13)c1cc-2ccn1.Nc1ccc2c(c1)NC(=O)CC/C=C\CC(C(=O)O)c1cc-2ccn1. The number of nitro benzene ring substituents is 1. The summed E-state index contributed by atoms with van der Waals surface area (Å²) in [6, 6.07) is 37.6. The molecule has 4 aromatic heterocycles. The Morgan fingerprint density at radius 2 is 0.886 bits per heavy atom. The Labute approximate surface area is 713 Å². The molecular formula is C92H92ClFN14O15. The van der Waals surface area contributed by atoms with E-state index in [0.717, 1.165) is 33.4 Å². The summed E-state index contributed by atoms with van der Waals surface area (Å²) in [6.07, 6.45) is 26.3. The lowest BCUT2D eigenvalue weighted by molar-refractivity contribution is -0.384. The van der Waals surface area contributed by atoms with Gasteiger partial charge in [0, 0.05) is 108 Å². The van der Waals surface area contributed by atoms with E-state index in [1.54, 1.807) is 122 Å². The quantitative estimate of drug-likeness (QED) is 0.0179. The average molecular weight is 1690 g/mol. The molecule has 6 aliphatic rings. The van der Waals surface area contributed by atoms with Crippen LogP contribution in [-0.2, 0) is 58.2 Å².